The number of allylic oxidation sites excluding steroid dienone is 3. The number of nitrogens with zero attached hydrogens (tertiary/aromatic N) is 1. The van der Waals surface area contributed by atoms with E-state index in [1.165, 1.54) is 22.9 Å². The van der Waals surface area contributed by atoms with Crippen molar-refractivity contribution in [3.63, 3.8) is 0 Å². The molecule has 8 nitrogen and oxygen atoms in total. The van der Waals surface area contributed by atoms with Crippen molar-refractivity contribution in [3.05, 3.63) is 69.9 Å². The zero-order valence-corrected chi connectivity index (χ0v) is 23.6. The van der Waals surface area contributed by atoms with Crippen LogP contribution in [0.1, 0.15) is 57.9 Å². The minimum atomic E-state index is -1.54. The Morgan fingerprint density at radius 1 is 1.23 bits per heavy atom. The van der Waals surface area contributed by atoms with E-state index in [0.29, 0.717) is 37.1 Å². The normalized spacial score (nSPS) is 34.8. The van der Waals surface area contributed by atoms with Gasteiger partial charge < -0.3 is 14.3 Å². The Bertz CT molecular complexity index is 1430. The van der Waals surface area contributed by atoms with Crippen LogP contribution in [-0.2, 0) is 30.5 Å². The average molecular weight is 564 g/mol. The van der Waals surface area contributed by atoms with Gasteiger partial charge in [-0.25, -0.2) is 5.06 Å². The number of carbonyl (C=O) groups excluding carboxylic acids is 3. The summed E-state index contributed by atoms with van der Waals surface area (Å²) in [5.41, 5.74) is 3.92. The fraction of sp³-hybridized carbons (Fsp3) is 0.516. The Labute approximate surface area is 237 Å². The molecule has 0 aromatic carbocycles. The molecule has 2 aliphatic heterocycles. The number of hydrogen-bond acceptors (Lipinski definition) is 9. The predicted octanol–water partition coefficient (Wildman–Crippen LogP) is 4.36. The molecule has 4 aliphatic carbocycles. The van der Waals surface area contributed by atoms with Crippen LogP contribution < -0.4 is 0 Å². The zero-order chi connectivity index (χ0) is 27.8. The molecule has 1 saturated heterocycles. The molecule has 6 aliphatic rings. The van der Waals surface area contributed by atoms with Crippen LogP contribution in [-0.4, -0.2) is 57.0 Å². The summed E-state index contributed by atoms with van der Waals surface area (Å²) in [5.74, 6) is -0.838. The second-order valence-corrected chi connectivity index (χ2v) is 13.2. The van der Waals surface area contributed by atoms with Gasteiger partial charge in [0, 0.05) is 34.5 Å². The van der Waals surface area contributed by atoms with E-state index in [0.717, 1.165) is 36.1 Å². The molecule has 9 heteroatoms. The number of furan rings is 1. The summed E-state index contributed by atoms with van der Waals surface area (Å²) < 4.78 is 10.5. The molecule has 0 amide bonds. The minimum Gasteiger partial charge on any atom is -0.472 e. The highest BCUT2D eigenvalue weighted by Crippen LogP contribution is 2.62. The molecule has 1 N–H and O–H groups in total. The number of Topliss-reactive ketones (excluding diaryl/α,β-unsaturated/α-hetero) is 1. The van der Waals surface area contributed by atoms with E-state index in [1.807, 2.05) is 31.1 Å². The van der Waals surface area contributed by atoms with E-state index < -0.39 is 22.4 Å². The molecule has 1 aromatic heterocycles. The molecule has 3 heterocycles. The molecule has 5 atom stereocenters. The first kappa shape index (κ1) is 26.0. The summed E-state index contributed by atoms with van der Waals surface area (Å²) >= 11 is 1.28. The molecule has 1 unspecified atom stereocenters. The summed E-state index contributed by atoms with van der Waals surface area (Å²) in [6.45, 7) is 4.51. The van der Waals surface area contributed by atoms with Crippen molar-refractivity contribution in [1.29, 1.82) is 0 Å². The first-order valence-electron chi connectivity index (χ1n) is 14.1. The highest BCUT2D eigenvalue weighted by molar-refractivity contribution is 8.01. The third kappa shape index (κ3) is 3.63. The number of aliphatic hydroxyl groups excluding tert-OH is 1. The largest absolute Gasteiger partial charge is 0.472 e. The predicted molar refractivity (Wildman–Crippen MR) is 146 cm³/mol. The lowest BCUT2D eigenvalue weighted by Crippen LogP contribution is -2.66. The lowest BCUT2D eigenvalue weighted by atomic mass is 9.53. The summed E-state index contributed by atoms with van der Waals surface area (Å²) in [6, 6.07) is 1.88. The van der Waals surface area contributed by atoms with Gasteiger partial charge >= 0.3 is 5.97 Å². The molecule has 1 aromatic rings. The number of rotatable bonds is 6. The molecular weight excluding hydrogens is 530 g/mol. The maximum Gasteiger partial charge on any atom is 0.319 e. The Morgan fingerprint density at radius 2 is 2.08 bits per heavy atom. The molecule has 0 saturated carbocycles. The number of hydroxylamine groups is 2. The van der Waals surface area contributed by atoms with Crippen LogP contribution in [0.5, 0.6) is 0 Å². The number of ether oxygens (including phenoxy) is 1. The van der Waals surface area contributed by atoms with Crippen LogP contribution in [0, 0.1) is 11.3 Å². The van der Waals surface area contributed by atoms with Crippen molar-refractivity contribution >= 4 is 29.3 Å². The van der Waals surface area contributed by atoms with Gasteiger partial charge in [0.1, 0.15) is 5.25 Å². The number of aliphatic hydroxyl groups is 1. The van der Waals surface area contributed by atoms with Gasteiger partial charge in [0.15, 0.2) is 17.2 Å². The third-order valence-corrected chi connectivity index (χ3v) is 10.9. The lowest BCUT2D eigenvalue weighted by molar-refractivity contribution is -0.251. The van der Waals surface area contributed by atoms with E-state index >= 15 is 0 Å². The van der Waals surface area contributed by atoms with Crippen molar-refractivity contribution in [2.24, 2.45) is 11.3 Å². The van der Waals surface area contributed by atoms with Crippen molar-refractivity contribution < 1.29 is 33.5 Å². The van der Waals surface area contributed by atoms with Gasteiger partial charge in [-0.2, -0.15) is 0 Å². The number of esters is 1. The summed E-state index contributed by atoms with van der Waals surface area (Å²) in [6.07, 6.45) is 10.4. The highest BCUT2D eigenvalue weighted by Gasteiger charge is 2.67. The molecule has 7 rings (SSSR count). The topological polar surface area (TPSA) is 106 Å². The number of cyclic esters (lactones) is 1. The van der Waals surface area contributed by atoms with E-state index in [-0.39, 0.29) is 35.6 Å². The Balaban J connectivity index is 1.40. The standard InChI is InChI=1S/C31H33NO7S/c1-17-10-23-24(33)12-22-21-11-19-4-3-5-20(19)28(21)32(14-18-6-8-37-15-18)39-31(22,30(23,2)13-25(17)34)27(35)16-40-26-7-9-38-29(26)36/h6,8,10,12,15,17,25-26,34H,3-5,7,9,11,13-14,16H2,1-2H3/t17-,25-,26?,30-,31+/m0/s1. The molecule has 210 valence electrons. The molecule has 1 fully saturated rings. The second-order valence-electron chi connectivity index (χ2n) is 12.0. The van der Waals surface area contributed by atoms with Crippen LogP contribution >= 0.6 is 11.8 Å². The van der Waals surface area contributed by atoms with E-state index in [2.05, 4.69) is 0 Å². The van der Waals surface area contributed by atoms with Gasteiger partial charge in [0.25, 0.3) is 0 Å². The molecule has 40 heavy (non-hydrogen) atoms. The van der Waals surface area contributed by atoms with Gasteiger partial charge in [-0.05, 0) is 55.4 Å². The van der Waals surface area contributed by atoms with Gasteiger partial charge in [-0.1, -0.05) is 25.5 Å². The van der Waals surface area contributed by atoms with Crippen molar-refractivity contribution in [1.82, 2.24) is 5.06 Å². The van der Waals surface area contributed by atoms with Crippen LogP contribution in [0.15, 0.2) is 68.7 Å². The van der Waals surface area contributed by atoms with Crippen LogP contribution in [0.4, 0.5) is 0 Å². The smallest absolute Gasteiger partial charge is 0.319 e. The lowest BCUT2D eigenvalue weighted by Gasteiger charge is -2.57. The molecular formula is C31H33NO7S. The Kier molecular flexibility index (Phi) is 6.07. The monoisotopic (exact) mass is 563 g/mol. The Morgan fingerprint density at radius 3 is 2.83 bits per heavy atom. The van der Waals surface area contributed by atoms with Crippen LogP contribution in [0.2, 0.25) is 0 Å². The number of carbonyl (C=O) groups is 3. The summed E-state index contributed by atoms with van der Waals surface area (Å²) in [5, 5.41) is 12.6. The van der Waals surface area contributed by atoms with Crippen molar-refractivity contribution in [2.75, 3.05) is 12.4 Å². The van der Waals surface area contributed by atoms with Crippen molar-refractivity contribution in [3.8, 4) is 0 Å². The second kappa shape index (κ2) is 9.33. The van der Waals surface area contributed by atoms with E-state index in [9.17, 15) is 19.5 Å². The van der Waals surface area contributed by atoms with E-state index in [1.54, 1.807) is 18.6 Å². The summed E-state index contributed by atoms with van der Waals surface area (Å²) in [7, 11) is 0. The Hall–Kier alpha value is -2.88. The third-order valence-electron chi connectivity index (χ3n) is 9.66. The van der Waals surface area contributed by atoms with Gasteiger partial charge in [0.2, 0.25) is 0 Å². The fourth-order valence-corrected chi connectivity index (χ4v) is 8.62. The fourth-order valence-electron chi connectivity index (χ4n) is 7.59. The zero-order valence-electron chi connectivity index (χ0n) is 22.7. The maximum absolute atomic E-state index is 14.7. The van der Waals surface area contributed by atoms with Gasteiger partial charge in [-0.15, -0.1) is 11.8 Å². The first-order chi connectivity index (χ1) is 19.2. The van der Waals surface area contributed by atoms with Crippen molar-refractivity contribution in [2.45, 2.75) is 75.9 Å². The van der Waals surface area contributed by atoms with Gasteiger partial charge in [0.05, 0.1) is 43.2 Å². The molecule has 0 bridgehead atoms. The number of fused-ring (bicyclic) bond motifs is 5. The minimum absolute atomic E-state index is 0.0229. The number of ketones is 2. The number of hydrogen-bond donors (Lipinski definition) is 1. The maximum atomic E-state index is 14.7. The quantitative estimate of drug-likeness (QED) is 0.505. The number of thioether (sulfide) groups is 1. The molecule has 0 spiro atoms. The highest BCUT2D eigenvalue weighted by atomic mass is 32.2. The SMILES string of the molecule is C[C@H]1C=C2C(=O)C=C3C4=C(C5=C(CCC5)C4)N(Cc4ccoc4)O[C@]3(C(=O)CSC3CCOC3=O)[C@@]2(C)C[C@@H]1O. The van der Waals surface area contributed by atoms with Crippen LogP contribution in [0.3, 0.4) is 0 Å². The average Bonchev–Trinajstić information content (AvgIpc) is 3.71. The molecule has 0 radical (unpaired) electrons. The first-order valence-corrected chi connectivity index (χ1v) is 15.2. The van der Waals surface area contributed by atoms with Gasteiger partial charge in [-0.3, -0.25) is 19.2 Å². The summed E-state index contributed by atoms with van der Waals surface area (Å²) in [4.78, 5) is 47.7. The van der Waals surface area contributed by atoms with E-state index in [4.69, 9.17) is 14.0 Å². The van der Waals surface area contributed by atoms with Crippen LogP contribution in [0.25, 0.3) is 0 Å².